The zero-order chi connectivity index (χ0) is 13.4. The first-order chi connectivity index (χ1) is 7.92. The van der Waals surface area contributed by atoms with Gasteiger partial charge < -0.3 is 15.2 Å². The van der Waals surface area contributed by atoms with Gasteiger partial charge >= 0.3 is 5.97 Å². The Morgan fingerprint density at radius 3 is 2.18 bits per heavy atom. The Morgan fingerprint density at radius 1 is 1.24 bits per heavy atom. The molecule has 0 bridgehead atoms. The highest BCUT2D eigenvalue weighted by Gasteiger charge is 2.08. The number of halogens is 3. The molecule has 0 fully saturated rings. The Kier molecular flexibility index (Phi) is 8.08. The standard InChI is InChI=1S/C8H5Cl3O3.C2H7N/c9-4-1-6(11)7(2-5(4)10)14-3-8(12)13;1-3-2/h1-2H,3H2,(H,12,13);3H,1-2H3. The first-order valence-electron chi connectivity index (χ1n) is 4.50. The van der Waals surface area contributed by atoms with Crippen molar-refractivity contribution in [1.29, 1.82) is 0 Å². The molecule has 96 valence electrons. The van der Waals surface area contributed by atoms with Gasteiger partial charge in [-0.15, -0.1) is 0 Å². The Balaban J connectivity index is 0.000000770. The van der Waals surface area contributed by atoms with Crippen molar-refractivity contribution in [2.24, 2.45) is 0 Å². The molecular formula is C10H12Cl3NO3. The summed E-state index contributed by atoms with van der Waals surface area (Å²) in [6.07, 6.45) is 0. The molecule has 0 aliphatic rings. The fraction of sp³-hybridized carbons (Fsp3) is 0.300. The molecule has 2 N–H and O–H groups in total. The van der Waals surface area contributed by atoms with Gasteiger partial charge in [0.05, 0.1) is 15.1 Å². The molecule has 0 heterocycles. The van der Waals surface area contributed by atoms with Gasteiger partial charge in [-0.2, -0.15) is 0 Å². The van der Waals surface area contributed by atoms with E-state index >= 15 is 0 Å². The quantitative estimate of drug-likeness (QED) is 0.843. The largest absolute Gasteiger partial charge is 0.480 e. The maximum atomic E-state index is 10.2. The summed E-state index contributed by atoms with van der Waals surface area (Å²) in [5, 5.41) is 11.9. The summed E-state index contributed by atoms with van der Waals surface area (Å²) >= 11 is 17.1. The van der Waals surface area contributed by atoms with E-state index in [9.17, 15) is 4.79 Å². The average molecular weight is 301 g/mol. The Labute approximate surface area is 114 Å². The molecule has 1 rings (SSSR count). The molecule has 0 saturated carbocycles. The lowest BCUT2D eigenvalue weighted by Crippen LogP contribution is -2.09. The second-order valence-electron chi connectivity index (χ2n) is 2.88. The predicted molar refractivity (Wildman–Crippen MR) is 69.6 cm³/mol. The number of benzene rings is 1. The summed E-state index contributed by atoms with van der Waals surface area (Å²) in [6.45, 7) is -0.475. The van der Waals surface area contributed by atoms with Crippen molar-refractivity contribution in [2.45, 2.75) is 0 Å². The third-order valence-electron chi connectivity index (χ3n) is 1.33. The van der Waals surface area contributed by atoms with E-state index in [0.717, 1.165) is 0 Å². The monoisotopic (exact) mass is 299 g/mol. The highest BCUT2D eigenvalue weighted by atomic mass is 35.5. The number of rotatable bonds is 3. The molecule has 0 aliphatic carbocycles. The van der Waals surface area contributed by atoms with Crippen LogP contribution >= 0.6 is 34.8 Å². The molecule has 1 aromatic carbocycles. The number of aliphatic carboxylic acids is 1. The van der Waals surface area contributed by atoms with Gasteiger partial charge in [-0.3, -0.25) is 0 Å². The number of carboxylic acids is 1. The van der Waals surface area contributed by atoms with E-state index in [4.69, 9.17) is 44.6 Å². The summed E-state index contributed by atoms with van der Waals surface area (Å²) in [6, 6.07) is 2.76. The molecule has 0 spiro atoms. The van der Waals surface area contributed by atoms with Crippen molar-refractivity contribution in [3.63, 3.8) is 0 Å². The number of carboxylic acid groups (broad SMARTS) is 1. The number of hydrogen-bond donors (Lipinski definition) is 2. The van der Waals surface area contributed by atoms with Crippen LogP contribution in [0.3, 0.4) is 0 Å². The van der Waals surface area contributed by atoms with Crippen molar-refractivity contribution < 1.29 is 14.6 Å². The van der Waals surface area contributed by atoms with E-state index in [-0.39, 0.29) is 15.8 Å². The molecule has 0 aromatic heterocycles. The van der Waals surface area contributed by atoms with Crippen LogP contribution < -0.4 is 10.1 Å². The zero-order valence-corrected chi connectivity index (χ0v) is 11.5. The summed E-state index contributed by atoms with van der Waals surface area (Å²) in [5.41, 5.74) is 0. The lowest BCUT2D eigenvalue weighted by atomic mass is 10.3. The number of nitrogens with one attached hydrogen (secondary N) is 1. The second-order valence-corrected chi connectivity index (χ2v) is 4.10. The third kappa shape index (κ3) is 6.58. The minimum Gasteiger partial charge on any atom is -0.480 e. The maximum Gasteiger partial charge on any atom is 0.341 e. The van der Waals surface area contributed by atoms with E-state index in [0.29, 0.717) is 5.02 Å². The maximum absolute atomic E-state index is 10.2. The summed E-state index contributed by atoms with van der Waals surface area (Å²) in [5.74, 6) is -0.893. The van der Waals surface area contributed by atoms with Crippen LogP contribution in [0.4, 0.5) is 0 Å². The molecule has 0 unspecified atom stereocenters. The van der Waals surface area contributed by atoms with E-state index in [1.807, 2.05) is 14.1 Å². The van der Waals surface area contributed by atoms with Gasteiger partial charge in [0.15, 0.2) is 6.61 Å². The topological polar surface area (TPSA) is 58.6 Å². The molecule has 17 heavy (non-hydrogen) atoms. The number of carbonyl (C=O) groups is 1. The third-order valence-corrected chi connectivity index (χ3v) is 2.34. The van der Waals surface area contributed by atoms with E-state index in [1.165, 1.54) is 12.1 Å². The first kappa shape index (κ1) is 16.3. The van der Waals surface area contributed by atoms with Crippen molar-refractivity contribution in [3.8, 4) is 5.75 Å². The first-order valence-corrected chi connectivity index (χ1v) is 5.63. The van der Waals surface area contributed by atoms with Gasteiger partial charge in [0.1, 0.15) is 5.75 Å². The summed E-state index contributed by atoms with van der Waals surface area (Å²) < 4.78 is 4.86. The van der Waals surface area contributed by atoms with Crippen molar-refractivity contribution in [3.05, 3.63) is 27.2 Å². The lowest BCUT2D eigenvalue weighted by Gasteiger charge is -2.06. The van der Waals surface area contributed by atoms with Crippen LogP contribution in [-0.4, -0.2) is 31.8 Å². The molecule has 7 heteroatoms. The normalized spacial score (nSPS) is 9.24. The molecular weight excluding hydrogens is 288 g/mol. The van der Waals surface area contributed by atoms with E-state index in [2.05, 4.69) is 5.32 Å². The minimum absolute atomic E-state index is 0.198. The second kappa shape index (κ2) is 8.42. The van der Waals surface area contributed by atoms with Crippen LogP contribution in [-0.2, 0) is 4.79 Å². The lowest BCUT2D eigenvalue weighted by molar-refractivity contribution is -0.139. The Bertz CT molecular complexity index is 385. The molecule has 1 aromatic rings. The van der Waals surface area contributed by atoms with E-state index in [1.54, 1.807) is 0 Å². The minimum atomic E-state index is -1.09. The van der Waals surface area contributed by atoms with Gasteiger partial charge in [-0.25, -0.2) is 4.79 Å². The van der Waals surface area contributed by atoms with Gasteiger partial charge in [0.2, 0.25) is 0 Å². The van der Waals surface area contributed by atoms with Crippen LogP contribution in [0, 0.1) is 0 Å². The zero-order valence-electron chi connectivity index (χ0n) is 9.26. The SMILES string of the molecule is CNC.O=C(O)COc1cc(Cl)c(Cl)cc1Cl. The molecule has 4 nitrogen and oxygen atoms in total. The van der Waals surface area contributed by atoms with Crippen LogP contribution in [0.5, 0.6) is 5.75 Å². The fourth-order valence-electron chi connectivity index (χ4n) is 0.754. The van der Waals surface area contributed by atoms with Crippen molar-refractivity contribution in [1.82, 2.24) is 5.32 Å². The average Bonchev–Trinajstić information content (AvgIpc) is 2.22. The molecule has 0 saturated heterocycles. The molecule has 0 amide bonds. The van der Waals surface area contributed by atoms with Crippen molar-refractivity contribution >= 4 is 40.8 Å². The number of ether oxygens (including phenoxy) is 1. The van der Waals surface area contributed by atoms with Crippen LogP contribution in [0.25, 0.3) is 0 Å². The van der Waals surface area contributed by atoms with Crippen LogP contribution in [0.2, 0.25) is 15.1 Å². The molecule has 0 radical (unpaired) electrons. The summed E-state index contributed by atoms with van der Waals surface area (Å²) in [7, 11) is 3.75. The Morgan fingerprint density at radius 2 is 1.71 bits per heavy atom. The Hall–Kier alpha value is -0.680. The van der Waals surface area contributed by atoms with Gasteiger partial charge in [0, 0.05) is 6.07 Å². The number of hydrogen-bond acceptors (Lipinski definition) is 3. The molecule has 0 atom stereocenters. The van der Waals surface area contributed by atoms with Crippen molar-refractivity contribution in [2.75, 3.05) is 20.7 Å². The predicted octanol–water partition coefficient (Wildman–Crippen LogP) is 2.95. The van der Waals surface area contributed by atoms with E-state index < -0.39 is 12.6 Å². The van der Waals surface area contributed by atoms with Gasteiger partial charge in [-0.1, -0.05) is 34.8 Å². The van der Waals surface area contributed by atoms with Gasteiger partial charge in [0.25, 0.3) is 0 Å². The highest BCUT2D eigenvalue weighted by Crippen LogP contribution is 2.33. The summed E-state index contributed by atoms with van der Waals surface area (Å²) in [4.78, 5) is 10.2. The molecule has 0 aliphatic heterocycles. The van der Waals surface area contributed by atoms with Crippen LogP contribution in [0.1, 0.15) is 0 Å². The van der Waals surface area contributed by atoms with Crippen LogP contribution in [0.15, 0.2) is 12.1 Å². The highest BCUT2D eigenvalue weighted by molar-refractivity contribution is 6.43. The van der Waals surface area contributed by atoms with Gasteiger partial charge in [-0.05, 0) is 20.2 Å². The fourth-order valence-corrected chi connectivity index (χ4v) is 1.35. The smallest absolute Gasteiger partial charge is 0.341 e.